The molecule has 1 aromatic heterocycles. The van der Waals surface area contributed by atoms with Crippen molar-refractivity contribution in [3.63, 3.8) is 0 Å². The molecule has 0 saturated heterocycles. The largest absolute Gasteiger partial charge is 0.508 e. The summed E-state index contributed by atoms with van der Waals surface area (Å²) in [6, 6.07) is 9.02. The Morgan fingerprint density at radius 3 is 2.13 bits per heavy atom. The van der Waals surface area contributed by atoms with Gasteiger partial charge in [-0.25, -0.2) is 4.79 Å². The van der Waals surface area contributed by atoms with Crippen LogP contribution in [0.15, 0.2) is 54.7 Å². The van der Waals surface area contributed by atoms with Gasteiger partial charge in [-0.2, -0.15) is 12.6 Å². The number of nitrogens with one attached hydrogen (secondary N) is 4. The van der Waals surface area contributed by atoms with Crippen LogP contribution in [0.5, 0.6) is 5.75 Å². The molecule has 0 fully saturated rings. The molecule has 3 aromatic rings. The number of carboxylic acid groups (broad SMARTS) is 1. The van der Waals surface area contributed by atoms with E-state index < -0.39 is 47.9 Å². The molecule has 4 atom stereocenters. The van der Waals surface area contributed by atoms with Gasteiger partial charge in [0.2, 0.25) is 17.7 Å². The summed E-state index contributed by atoms with van der Waals surface area (Å²) in [5.41, 5.74) is 7.72. The van der Waals surface area contributed by atoms with Gasteiger partial charge < -0.3 is 36.9 Å². The standard InChI is InChI=1S/C26H31N5O6S/c1-14(27)23(33)31-22(13-38)25(35)29-20(10-15-6-8-17(32)9-7-15)24(34)30-21(26(36)37)11-16-12-28-19-5-3-2-4-18(16)19/h2-9,12,14,20-22,28,32,38H,10-11,13,27H2,1H3,(H,29,35)(H,30,34)(H,31,33)(H,36,37). The molecule has 0 bridgehead atoms. The predicted octanol–water partition coefficient (Wildman–Crippen LogP) is 0.475. The Hall–Kier alpha value is -4.03. The van der Waals surface area contributed by atoms with Gasteiger partial charge in [-0.3, -0.25) is 14.4 Å². The number of aliphatic carboxylic acids is 1. The first-order valence-corrected chi connectivity index (χ1v) is 12.6. The highest BCUT2D eigenvalue weighted by atomic mass is 32.1. The number of hydrogen-bond acceptors (Lipinski definition) is 7. The number of nitrogens with two attached hydrogens (primary N) is 1. The number of carbonyl (C=O) groups is 4. The zero-order valence-corrected chi connectivity index (χ0v) is 21.6. The summed E-state index contributed by atoms with van der Waals surface area (Å²) in [5.74, 6) is -3.25. The summed E-state index contributed by atoms with van der Waals surface area (Å²) in [6.45, 7) is 1.46. The van der Waals surface area contributed by atoms with E-state index in [1.165, 1.54) is 19.1 Å². The number of benzene rings is 2. The lowest BCUT2D eigenvalue weighted by atomic mass is 10.0. The number of fused-ring (bicyclic) bond motifs is 1. The fourth-order valence-corrected chi connectivity index (χ4v) is 4.10. The van der Waals surface area contributed by atoms with Gasteiger partial charge in [0.05, 0.1) is 6.04 Å². The molecule has 0 radical (unpaired) electrons. The normalized spacial score (nSPS) is 14.2. The molecule has 2 aromatic carbocycles. The van der Waals surface area contributed by atoms with E-state index in [1.54, 1.807) is 18.3 Å². The van der Waals surface area contributed by atoms with Gasteiger partial charge in [0.15, 0.2) is 0 Å². The molecule has 0 aliphatic rings. The van der Waals surface area contributed by atoms with Crippen molar-refractivity contribution in [2.45, 2.75) is 43.9 Å². The van der Waals surface area contributed by atoms with E-state index >= 15 is 0 Å². The van der Waals surface area contributed by atoms with Crippen LogP contribution >= 0.6 is 12.6 Å². The Morgan fingerprint density at radius 1 is 0.895 bits per heavy atom. The van der Waals surface area contributed by atoms with Crippen LogP contribution in [-0.2, 0) is 32.0 Å². The number of H-pyrrole nitrogens is 1. The number of carboxylic acids is 1. The molecule has 0 spiro atoms. The number of rotatable bonds is 12. The highest BCUT2D eigenvalue weighted by Crippen LogP contribution is 2.19. The Balaban J connectivity index is 1.80. The second-order valence-corrected chi connectivity index (χ2v) is 9.29. The summed E-state index contributed by atoms with van der Waals surface area (Å²) in [4.78, 5) is 53.4. The van der Waals surface area contributed by atoms with Gasteiger partial charge in [0, 0.05) is 35.7 Å². The number of thiol groups is 1. The Labute approximate surface area is 224 Å². The third kappa shape index (κ3) is 7.49. The van der Waals surface area contributed by atoms with Crippen LogP contribution in [0.2, 0.25) is 0 Å². The Kier molecular flexibility index (Phi) is 9.74. The highest BCUT2D eigenvalue weighted by Gasteiger charge is 2.30. The van der Waals surface area contributed by atoms with Crippen molar-refractivity contribution in [2.24, 2.45) is 5.73 Å². The average molecular weight is 542 g/mol. The smallest absolute Gasteiger partial charge is 0.326 e. The highest BCUT2D eigenvalue weighted by molar-refractivity contribution is 7.80. The maximum Gasteiger partial charge on any atom is 0.326 e. The molecule has 38 heavy (non-hydrogen) atoms. The van der Waals surface area contributed by atoms with Crippen molar-refractivity contribution in [3.8, 4) is 5.75 Å². The summed E-state index contributed by atoms with van der Waals surface area (Å²) in [6.07, 6.45) is 1.70. The first-order chi connectivity index (χ1) is 18.1. The number of aromatic nitrogens is 1. The molecule has 0 saturated carbocycles. The molecule has 4 unspecified atom stereocenters. The predicted molar refractivity (Wildman–Crippen MR) is 145 cm³/mol. The van der Waals surface area contributed by atoms with E-state index in [9.17, 15) is 29.4 Å². The Morgan fingerprint density at radius 2 is 1.50 bits per heavy atom. The molecule has 202 valence electrons. The molecule has 11 nitrogen and oxygen atoms in total. The first-order valence-electron chi connectivity index (χ1n) is 11.9. The summed E-state index contributed by atoms with van der Waals surface area (Å²) in [5, 5.41) is 27.9. The number of carbonyl (C=O) groups excluding carboxylic acids is 3. The zero-order valence-electron chi connectivity index (χ0n) is 20.7. The first kappa shape index (κ1) is 28.5. The lowest BCUT2D eigenvalue weighted by Gasteiger charge is -2.24. The van der Waals surface area contributed by atoms with E-state index in [1.807, 2.05) is 24.3 Å². The van der Waals surface area contributed by atoms with Gasteiger partial charge in [0.25, 0.3) is 0 Å². The maximum atomic E-state index is 13.3. The molecular formula is C26H31N5O6S. The van der Waals surface area contributed by atoms with Crippen LogP contribution in [0.4, 0.5) is 0 Å². The molecule has 3 amide bonds. The molecular weight excluding hydrogens is 510 g/mol. The van der Waals surface area contributed by atoms with Gasteiger partial charge in [-0.05, 0) is 36.2 Å². The number of phenols is 1. The van der Waals surface area contributed by atoms with Crippen LogP contribution in [-0.4, -0.2) is 68.8 Å². The SMILES string of the molecule is CC(N)C(=O)NC(CS)C(=O)NC(Cc1ccc(O)cc1)C(=O)NC(Cc1c[nH]c2ccccc12)C(=O)O. The number of phenolic OH excluding ortho intramolecular Hbond substituents is 1. The summed E-state index contributed by atoms with van der Waals surface area (Å²) >= 11 is 4.12. The monoisotopic (exact) mass is 541 g/mol. The van der Waals surface area contributed by atoms with Crippen LogP contribution < -0.4 is 21.7 Å². The fourth-order valence-electron chi connectivity index (χ4n) is 3.84. The van der Waals surface area contributed by atoms with Crippen LogP contribution in [0.1, 0.15) is 18.1 Å². The topological polar surface area (TPSA) is 187 Å². The van der Waals surface area contributed by atoms with Crippen molar-refractivity contribution in [3.05, 3.63) is 65.9 Å². The lowest BCUT2D eigenvalue weighted by molar-refractivity contribution is -0.142. The second kappa shape index (κ2) is 13.0. The molecule has 1 heterocycles. The van der Waals surface area contributed by atoms with Crippen molar-refractivity contribution in [1.29, 1.82) is 0 Å². The number of amides is 3. The van der Waals surface area contributed by atoms with Crippen molar-refractivity contribution >= 4 is 47.2 Å². The summed E-state index contributed by atoms with van der Waals surface area (Å²) < 4.78 is 0. The molecule has 0 aliphatic heterocycles. The molecule has 12 heteroatoms. The van der Waals surface area contributed by atoms with Crippen molar-refractivity contribution in [1.82, 2.24) is 20.9 Å². The lowest BCUT2D eigenvalue weighted by Crippen LogP contribution is -2.58. The zero-order chi connectivity index (χ0) is 27.8. The van der Waals surface area contributed by atoms with E-state index in [0.717, 1.165) is 10.9 Å². The van der Waals surface area contributed by atoms with Crippen LogP contribution in [0, 0.1) is 0 Å². The minimum atomic E-state index is -1.28. The minimum absolute atomic E-state index is 0.00218. The van der Waals surface area contributed by atoms with E-state index in [4.69, 9.17) is 5.73 Å². The molecule has 8 N–H and O–H groups in total. The van der Waals surface area contributed by atoms with E-state index in [2.05, 4.69) is 33.6 Å². The van der Waals surface area contributed by atoms with Crippen LogP contribution in [0.25, 0.3) is 10.9 Å². The van der Waals surface area contributed by atoms with E-state index in [0.29, 0.717) is 11.1 Å². The number of aromatic amines is 1. The van der Waals surface area contributed by atoms with Gasteiger partial charge in [-0.15, -0.1) is 0 Å². The third-order valence-electron chi connectivity index (χ3n) is 5.95. The summed E-state index contributed by atoms with van der Waals surface area (Å²) in [7, 11) is 0. The molecule has 3 rings (SSSR count). The number of para-hydroxylation sites is 1. The van der Waals surface area contributed by atoms with Crippen molar-refractivity contribution < 1.29 is 29.4 Å². The average Bonchev–Trinajstić information content (AvgIpc) is 3.30. The maximum absolute atomic E-state index is 13.3. The van der Waals surface area contributed by atoms with Crippen molar-refractivity contribution in [2.75, 3.05) is 5.75 Å². The van der Waals surface area contributed by atoms with Gasteiger partial charge in [-0.1, -0.05) is 30.3 Å². The second-order valence-electron chi connectivity index (χ2n) is 8.93. The van der Waals surface area contributed by atoms with E-state index in [-0.39, 0.29) is 24.3 Å². The quantitative estimate of drug-likeness (QED) is 0.153. The van der Waals surface area contributed by atoms with Gasteiger partial charge >= 0.3 is 5.97 Å². The fraction of sp³-hybridized carbons (Fsp3) is 0.308. The number of aromatic hydroxyl groups is 1. The number of hydrogen-bond donors (Lipinski definition) is 8. The third-order valence-corrected chi connectivity index (χ3v) is 6.32. The Bertz CT molecular complexity index is 1290. The van der Waals surface area contributed by atoms with Gasteiger partial charge in [0.1, 0.15) is 23.9 Å². The molecule has 0 aliphatic carbocycles. The van der Waals surface area contributed by atoms with Crippen LogP contribution in [0.3, 0.4) is 0 Å². The minimum Gasteiger partial charge on any atom is -0.508 e.